The number of nitrogens with zero attached hydrogens (tertiary/aromatic N) is 3. The van der Waals surface area contributed by atoms with Crippen molar-refractivity contribution >= 4 is 40.9 Å². The summed E-state index contributed by atoms with van der Waals surface area (Å²) < 4.78 is 81.3. The lowest BCUT2D eigenvalue weighted by Crippen LogP contribution is -2.53. The highest BCUT2D eigenvalue weighted by atomic mass is 35.5. The summed E-state index contributed by atoms with van der Waals surface area (Å²) >= 11 is 12.4. The third kappa shape index (κ3) is 7.75. The van der Waals surface area contributed by atoms with Crippen molar-refractivity contribution in [1.29, 1.82) is 0 Å². The van der Waals surface area contributed by atoms with Gasteiger partial charge in [-0.1, -0.05) is 47.5 Å². The first kappa shape index (κ1) is 35.5. The predicted molar refractivity (Wildman–Crippen MR) is 168 cm³/mol. The van der Waals surface area contributed by atoms with Crippen LogP contribution in [-0.4, -0.2) is 71.7 Å². The largest absolute Gasteiger partial charge is 0.416 e. The van der Waals surface area contributed by atoms with Gasteiger partial charge in [-0.05, 0) is 67.3 Å². The minimum Gasteiger partial charge on any atom is -0.342 e. The van der Waals surface area contributed by atoms with Gasteiger partial charge in [0.1, 0.15) is 0 Å². The lowest BCUT2D eigenvalue weighted by molar-refractivity contribution is -0.143. The quantitative estimate of drug-likeness (QED) is 0.252. The zero-order chi connectivity index (χ0) is 35.0. The van der Waals surface area contributed by atoms with Crippen LogP contribution in [0.2, 0.25) is 10.0 Å². The number of benzene rings is 3. The van der Waals surface area contributed by atoms with Crippen LogP contribution in [0.5, 0.6) is 0 Å². The summed E-state index contributed by atoms with van der Waals surface area (Å²) in [4.78, 5) is 44.8. The fraction of sp³-hybridized carbons (Fsp3) is 0.382. The molecular weight excluding hydrogens is 683 g/mol. The fourth-order valence-electron chi connectivity index (χ4n) is 6.46. The molecule has 2 heterocycles. The maximum Gasteiger partial charge on any atom is 0.416 e. The summed E-state index contributed by atoms with van der Waals surface area (Å²) in [5, 5.41) is 0.457. The summed E-state index contributed by atoms with van der Waals surface area (Å²) in [5.41, 5.74) is -2.79. The van der Waals surface area contributed by atoms with E-state index in [9.17, 15) is 40.7 Å². The molecule has 2 aliphatic heterocycles. The molecule has 256 valence electrons. The van der Waals surface area contributed by atoms with E-state index in [1.165, 1.54) is 7.05 Å². The van der Waals surface area contributed by atoms with Gasteiger partial charge in [0.2, 0.25) is 5.91 Å². The molecule has 2 aliphatic rings. The molecule has 0 aromatic heterocycles. The first-order valence-electron chi connectivity index (χ1n) is 15.2. The maximum atomic E-state index is 13.8. The van der Waals surface area contributed by atoms with Crippen LogP contribution in [0.4, 0.5) is 26.3 Å². The number of carbonyl (C=O) groups excluding carboxylic acids is 3. The van der Waals surface area contributed by atoms with E-state index in [0.29, 0.717) is 49.2 Å². The van der Waals surface area contributed by atoms with Crippen LogP contribution in [0.25, 0.3) is 0 Å². The van der Waals surface area contributed by atoms with Crippen LogP contribution in [0.15, 0.2) is 66.7 Å². The van der Waals surface area contributed by atoms with E-state index in [-0.39, 0.29) is 53.4 Å². The van der Waals surface area contributed by atoms with Crippen LogP contribution in [-0.2, 0) is 17.1 Å². The number of piperidine rings is 2. The number of likely N-dealkylation sites (tertiary alicyclic amines) is 2. The fourth-order valence-corrected chi connectivity index (χ4v) is 6.76. The second-order valence-corrected chi connectivity index (χ2v) is 12.9. The number of hydrogen-bond acceptors (Lipinski definition) is 3. The van der Waals surface area contributed by atoms with Gasteiger partial charge in [0.05, 0.1) is 21.2 Å². The molecule has 3 amide bonds. The van der Waals surface area contributed by atoms with E-state index in [1.54, 1.807) is 52.3 Å². The van der Waals surface area contributed by atoms with Crippen molar-refractivity contribution in [3.8, 4) is 0 Å². The maximum absolute atomic E-state index is 13.8. The normalized spacial score (nSPS) is 19.3. The van der Waals surface area contributed by atoms with E-state index >= 15 is 0 Å². The van der Waals surface area contributed by atoms with Gasteiger partial charge >= 0.3 is 12.4 Å². The molecule has 14 heteroatoms. The van der Waals surface area contributed by atoms with E-state index < -0.39 is 46.9 Å². The molecule has 0 aliphatic carbocycles. The van der Waals surface area contributed by atoms with Gasteiger partial charge < -0.3 is 14.7 Å². The van der Waals surface area contributed by atoms with Gasteiger partial charge in [0.15, 0.2) is 0 Å². The highest BCUT2D eigenvalue weighted by molar-refractivity contribution is 6.42. The summed E-state index contributed by atoms with van der Waals surface area (Å²) in [6.45, 7) is 1.09. The van der Waals surface area contributed by atoms with Crippen molar-refractivity contribution in [3.63, 3.8) is 0 Å². The Bertz CT molecular complexity index is 1640. The summed E-state index contributed by atoms with van der Waals surface area (Å²) in [6, 6.07) is 13.7. The highest BCUT2D eigenvalue weighted by Gasteiger charge is 2.41. The predicted octanol–water partition coefficient (Wildman–Crippen LogP) is 8.04. The second kappa shape index (κ2) is 14.0. The molecular formula is C34H31Cl2F6N3O3. The second-order valence-electron chi connectivity index (χ2n) is 12.1. The van der Waals surface area contributed by atoms with Crippen molar-refractivity contribution in [2.75, 3.05) is 33.2 Å². The van der Waals surface area contributed by atoms with Crippen molar-refractivity contribution in [2.45, 2.75) is 43.6 Å². The smallest absolute Gasteiger partial charge is 0.342 e. The molecule has 2 saturated heterocycles. The average Bonchev–Trinajstić information content (AvgIpc) is 3.07. The first-order valence-corrected chi connectivity index (χ1v) is 15.9. The molecule has 2 atom stereocenters. The molecule has 0 radical (unpaired) electrons. The summed E-state index contributed by atoms with van der Waals surface area (Å²) in [5.74, 6) is -2.23. The van der Waals surface area contributed by atoms with Crippen LogP contribution >= 0.6 is 23.2 Å². The van der Waals surface area contributed by atoms with Crippen LogP contribution in [0, 0.1) is 5.92 Å². The molecule has 48 heavy (non-hydrogen) atoms. The van der Waals surface area contributed by atoms with Crippen molar-refractivity contribution < 1.29 is 40.7 Å². The first-order chi connectivity index (χ1) is 22.5. The van der Waals surface area contributed by atoms with Gasteiger partial charge in [0, 0.05) is 62.2 Å². The van der Waals surface area contributed by atoms with Crippen LogP contribution < -0.4 is 0 Å². The molecule has 0 spiro atoms. The van der Waals surface area contributed by atoms with Gasteiger partial charge in [-0.3, -0.25) is 14.4 Å². The Kier molecular flexibility index (Phi) is 10.4. The number of carbonyl (C=O) groups is 3. The van der Waals surface area contributed by atoms with Crippen molar-refractivity contribution in [1.82, 2.24) is 14.7 Å². The number of amides is 3. The molecule has 5 rings (SSSR count). The molecule has 6 nitrogen and oxygen atoms in total. The zero-order valence-electron chi connectivity index (χ0n) is 25.6. The number of halogens is 8. The molecule has 3 aromatic rings. The standard InChI is InChI=1S/C34H31Cl2F6N3O3/c1-43(30(46)23-15-24(33(37,38)39)18-25(16-23)34(40,41)42)29-11-14-45(19-26(29)22-7-8-27(35)28(36)17-22)32(48)21-9-12-44(13-10-21)31(47)20-5-3-2-4-6-20/h2-8,15-18,21,26,29H,9-14,19H2,1H3/t26-,29+/m0/s1. The minimum atomic E-state index is -5.12. The molecule has 0 unspecified atom stereocenters. The Morgan fingerprint density at radius 3 is 1.88 bits per heavy atom. The Balaban J connectivity index is 1.37. The average molecular weight is 715 g/mol. The monoisotopic (exact) mass is 713 g/mol. The Morgan fingerprint density at radius 2 is 1.31 bits per heavy atom. The number of likely N-dealkylation sites (N-methyl/N-ethyl adjacent to an activating group) is 1. The lowest BCUT2D eigenvalue weighted by Gasteiger charge is -2.44. The van der Waals surface area contributed by atoms with Gasteiger partial charge in [-0.15, -0.1) is 0 Å². The number of alkyl halides is 6. The zero-order valence-corrected chi connectivity index (χ0v) is 27.1. The summed E-state index contributed by atoms with van der Waals surface area (Å²) in [6.07, 6.45) is -9.15. The molecule has 0 bridgehead atoms. The lowest BCUT2D eigenvalue weighted by atomic mass is 9.83. The number of hydrogen-bond donors (Lipinski definition) is 0. The van der Waals surface area contributed by atoms with Crippen LogP contribution in [0.1, 0.15) is 62.6 Å². The van der Waals surface area contributed by atoms with E-state index in [4.69, 9.17) is 23.2 Å². The van der Waals surface area contributed by atoms with Gasteiger partial charge in [-0.2, -0.15) is 26.3 Å². The highest BCUT2D eigenvalue weighted by Crippen LogP contribution is 2.39. The number of rotatable bonds is 5. The SMILES string of the molecule is CN(C(=O)c1cc(C(F)(F)F)cc(C(F)(F)F)c1)[C@@H]1CCN(C(=O)C2CCN(C(=O)c3ccccc3)CC2)C[C@H]1c1ccc(Cl)c(Cl)c1. The van der Waals surface area contributed by atoms with Crippen molar-refractivity contribution in [2.24, 2.45) is 5.92 Å². The van der Waals surface area contributed by atoms with E-state index in [0.717, 1.165) is 4.90 Å². The Labute approximate surface area is 283 Å². The third-order valence-electron chi connectivity index (χ3n) is 9.06. The summed E-state index contributed by atoms with van der Waals surface area (Å²) in [7, 11) is 1.32. The molecule has 0 saturated carbocycles. The van der Waals surface area contributed by atoms with Crippen LogP contribution in [0.3, 0.4) is 0 Å². The van der Waals surface area contributed by atoms with Gasteiger partial charge in [-0.25, -0.2) is 0 Å². The molecule has 0 N–H and O–H groups in total. The van der Waals surface area contributed by atoms with Crippen molar-refractivity contribution in [3.05, 3.63) is 105 Å². The Morgan fingerprint density at radius 1 is 0.729 bits per heavy atom. The Hall–Kier alpha value is -3.77. The molecule has 3 aromatic carbocycles. The third-order valence-corrected chi connectivity index (χ3v) is 9.80. The van der Waals surface area contributed by atoms with E-state index in [2.05, 4.69) is 0 Å². The topological polar surface area (TPSA) is 60.9 Å². The van der Waals surface area contributed by atoms with Gasteiger partial charge in [0.25, 0.3) is 11.8 Å². The molecule has 2 fully saturated rings. The minimum absolute atomic E-state index is 0.0263. The van der Waals surface area contributed by atoms with E-state index in [1.807, 2.05) is 6.07 Å².